The van der Waals surface area contributed by atoms with Gasteiger partial charge in [0.05, 0.1) is 5.92 Å². The molecule has 0 atom stereocenters. The summed E-state index contributed by atoms with van der Waals surface area (Å²) in [5.74, 6) is 0.341. The predicted octanol–water partition coefficient (Wildman–Crippen LogP) is 7.32. The van der Waals surface area contributed by atoms with Crippen LogP contribution >= 0.6 is 0 Å². The Hall–Kier alpha value is -4.63. The number of nitrogens with one attached hydrogen (secondary N) is 2. The van der Waals surface area contributed by atoms with E-state index in [0.717, 1.165) is 72.3 Å². The number of unbranched alkanes of at least 4 members (excludes halogenated alkanes) is 1. The van der Waals surface area contributed by atoms with E-state index in [9.17, 15) is 22.8 Å². The summed E-state index contributed by atoms with van der Waals surface area (Å²) in [6, 6.07) is 30.5. The van der Waals surface area contributed by atoms with Gasteiger partial charge >= 0.3 is 6.18 Å². The Bertz CT molecular complexity index is 1720. The third-order valence-electron chi connectivity index (χ3n) is 10.1. The van der Waals surface area contributed by atoms with Crippen LogP contribution in [0, 0.1) is 0 Å². The molecular formula is C39H38F3N3O3. The summed E-state index contributed by atoms with van der Waals surface area (Å²) < 4.78 is 45.6. The molecule has 248 valence electrons. The quantitative estimate of drug-likeness (QED) is 0.186. The lowest BCUT2D eigenvalue weighted by atomic mass is 9.73. The number of nitrogens with zero attached hydrogens (tertiary/aromatic N) is 1. The molecule has 2 heterocycles. The molecule has 9 heteroatoms. The SMILES string of the molecule is O=C(NC1CCN(CCCCC2(C(=O)NCC(F)(F)F)c3ccccc3-c3ccccc32)CC1)C1c2ccccc2Oc2ccccc21. The molecule has 2 amide bonds. The van der Waals surface area contributed by atoms with Crippen molar-refractivity contribution < 1.29 is 27.5 Å². The number of likely N-dealkylation sites (tertiary alicyclic amines) is 1. The fourth-order valence-corrected chi connectivity index (χ4v) is 7.79. The van der Waals surface area contributed by atoms with E-state index in [2.05, 4.69) is 15.5 Å². The molecule has 2 N–H and O–H groups in total. The van der Waals surface area contributed by atoms with Gasteiger partial charge in [-0.1, -0.05) is 91.3 Å². The highest BCUT2D eigenvalue weighted by Crippen LogP contribution is 2.51. The maximum atomic E-state index is 13.7. The van der Waals surface area contributed by atoms with Gasteiger partial charge in [-0.2, -0.15) is 13.2 Å². The number of fused-ring (bicyclic) bond motifs is 5. The second kappa shape index (κ2) is 13.1. The molecule has 0 radical (unpaired) electrons. The van der Waals surface area contributed by atoms with Crippen molar-refractivity contribution in [2.24, 2.45) is 0 Å². The normalized spacial score (nSPS) is 17.0. The topological polar surface area (TPSA) is 70.7 Å². The maximum absolute atomic E-state index is 13.7. The zero-order valence-electron chi connectivity index (χ0n) is 26.6. The first-order chi connectivity index (χ1) is 23.2. The van der Waals surface area contributed by atoms with Crippen molar-refractivity contribution in [1.29, 1.82) is 0 Å². The number of piperidine rings is 1. The molecule has 1 fully saturated rings. The van der Waals surface area contributed by atoms with Crippen LogP contribution in [0.2, 0.25) is 0 Å². The molecule has 0 bridgehead atoms. The molecule has 48 heavy (non-hydrogen) atoms. The van der Waals surface area contributed by atoms with Crippen molar-refractivity contribution in [3.05, 3.63) is 119 Å². The van der Waals surface area contributed by atoms with Gasteiger partial charge in [-0.25, -0.2) is 0 Å². The zero-order valence-corrected chi connectivity index (χ0v) is 26.6. The standard InChI is InChI=1S/C39H38F3N3O3/c40-39(41,42)25-43-37(47)38(31-15-5-1-11-27(31)28-12-2-6-16-32(28)38)21-9-10-22-45-23-19-26(20-24-45)44-36(46)35-29-13-3-7-17-33(29)48-34-18-8-4-14-30(34)35/h1-8,11-18,26,35H,9-10,19-25H2,(H,43,47)(H,44,46). The van der Waals surface area contributed by atoms with Crippen LogP contribution in [0.15, 0.2) is 97.1 Å². The second-order valence-corrected chi connectivity index (χ2v) is 13.0. The highest BCUT2D eigenvalue weighted by atomic mass is 19.4. The Morgan fingerprint density at radius 2 is 1.31 bits per heavy atom. The Labute approximate surface area is 278 Å². The lowest BCUT2D eigenvalue weighted by Crippen LogP contribution is -2.47. The summed E-state index contributed by atoms with van der Waals surface area (Å²) in [7, 11) is 0. The molecule has 0 aromatic heterocycles. The molecular weight excluding hydrogens is 615 g/mol. The first kappa shape index (κ1) is 31.9. The van der Waals surface area contributed by atoms with E-state index in [4.69, 9.17) is 4.74 Å². The average molecular weight is 654 g/mol. The summed E-state index contributed by atoms with van der Waals surface area (Å²) in [4.78, 5) is 29.8. The molecule has 7 rings (SSSR count). The van der Waals surface area contributed by atoms with Gasteiger partial charge in [0, 0.05) is 30.3 Å². The van der Waals surface area contributed by atoms with Crippen LogP contribution in [0.1, 0.15) is 60.3 Å². The smallest absolute Gasteiger partial charge is 0.405 e. The number of carbonyl (C=O) groups excluding carboxylic acids is 2. The summed E-state index contributed by atoms with van der Waals surface area (Å²) in [5, 5.41) is 5.53. The Morgan fingerprint density at radius 1 is 0.771 bits per heavy atom. The minimum atomic E-state index is -4.50. The monoisotopic (exact) mass is 653 g/mol. The minimum absolute atomic E-state index is 0.0251. The van der Waals surface area contributed by atoms with Gasteiger partial charge in [0.15, 0.2) is 0 Å². The van der Waals surface area contributed by atoms with Crippen LogP contribution in [0.4, 0.5) is 13.2 Å². The van der Waals surface area contributed by atoms with E-state index in [0.29, 0.717) is 24.3 Å². The number of halogens is 3. The van der Waals surface area contributed by atoms with Crippen LogP contribution in [0.3, 0.4) is 0 Å². The maximum Gasteiger partial charge on any atom is 0.405 e. The van der Waals surface area contributed by atoms with Gasteiger partial charge < -0.3 is 20.3 Å². The Balaban J connectivity index is 0.973. The number of hydrogen-bond acceptors (Lipinski definition) is 4. The van der Waals surface area contributed by atoms with Gasteiger partial charge in [-0.15, -0.1) is 0 Å². The van der Waals surface area contributed by atoms with Crippen LogP contribution in [0.25, 0.3) is 11.1 Å². The van der Waals surface area contributed by atoms with Crippen molar-refractivity contribution in [2.75, 3.05) is 26.2 Å². The van der Waals surface area contributed by atoms with Crippen molar-refractivity contribution in [3.8, 4) is 22.6 Å². The van der Waals surface area contributed by atoms with Crippen LogP contribution in [-0.2, 0) is 15.0 Å². The summed E-state index contributed by atoms with van der Waals surface area (Å²) in [6.45, 7) is 1.10. The molecule has 3 aliphatic rings. The minimum Gasteiger partial charge on any atom is -0.457 e. The largest absolute Gasteiger partial charge is 0.457 e. The molecule has 4 aromatic carbocycles. The number of alkyl halides is 3. The Morgan fingerprint density at radius 3 is 1.90 bits per heavy atom. The van der Waals surface area contributed by atoms with Gasteiger partial charge in [-0.3, -0.25) is 9.59 Å². The van der Waals surface area contributed by atoms with Crippen LogP contribution in [0.5, 0.6) is 11.5 Å². The van der Waals surface area contributed by atoms with Crippen LogP contribution in [-0.4, -0.2) is 55.1 Å². The number of hydrogen-bond donors (Lipinski definition) is 2. The number of ether oxygens (including phenoxy) is 1. The summed E-state index contributed by atoms with van der Waals surface area (Å²) in [5.41, 5.74) is 3.86. The predicted molar refractivity (Wildman–Crippen MR) is 178 cm³/mol. The third-order valence-corrected chi connectivity index (χ3v) is 10.1. The number of para-hydroxylation sites is 2. The van der Waals surface area contributed by atoms with Crippen molar-refractivity contribution in [1.82, 2.24) is 15.5 Å². The molecule has 1 saturated heterocycles. The lowest BCUT2D eigenvalue weighted by molar-refractivity contribution is -0.141. The van der Waals surface area contributed by atoms with E-state index in [1.807, 2.05) is 97.1 Å². The molecule has 0 unspecified atom stereocenters. The van der Waals surface area contributed by atoms with E-state index in [1.54, 1.807) is 0 Å². The first-order valence-corrected chi connectivity index (χ1v) is 16.7. The second-order valence-electron chi connectivity index (χ2n) is 13.0. The van der Waals surface area contributed by atoms with E-state index in [-0.39, 0.29) is 11.9 Å². The zero-order chi connectivity index (χ0) is 33.3. The van der Waals surface area contributed by atoms with Crippen molar-refractivity contribution in [2.45, 2.75) is 55.7 Å². The molecule has 4 aromatic rings. The Kier molecular flexibility index (Phi) is 8.73. The van der Waals surface area contributed by atoms with E-state index >= 15 is 0 Å². The fraction of sp³-hybridized carbons (Fsp3) is 0.333. The van der Waals surface area contributed by atoms with E-state index < -0.39 is 30.0 Å². The molecule has 0 spiro atoms. The highest BCUT2D eigenvalue weighted by Gasteiger charge is 2.49. The van der Waals surface area contributed by atoms with Crippen molar-refractivity contribution >= 4 is 11.8 Å². The molecule has 1 aliphatic carbocycles. The third kappa shape index (κ3) is 6.07. The van der Waals surface area contributed by atoms with Gasteiger partial charge in [0.2, 0.25) is 11.8 Å². The molecule has 6 nitrogen and oxygen atoms in total. The van der Waals surface area contributed by atoms with Crippen molar-refractivity contribution in [3.63, 3.8) is 0 Å². The highest BCUT2D eigenvalue weighted by molar-refractivity contribution is 6.00. The van der Waals surface area contributed by atoms with Gasteiger partial charge in [0.1, 0.15) is 23.5 Å². The number of rotatable bonds is 9. The van der Waals surface area contributed by atoms with Gasteiger partial charge in [0.25, 0.3) is 0 Å². The number of amides is 2. The lowest BCUT2D eigenvalue weighted by Gasteiger charge is -2.34. The average Bonchev–Trinajstić information content (AvgIpc) is 3.39. The van der Waals surface area contributed by atoms with E-state index in [1.165, 1.54) is 0 Å². The first-order valence-electron chi connectivity index (χ1n) is 16.7. The fourth-order valence-electron chi connectivity index (χ4n) is 7.79. The molecule has 2 aliphatic heterocycles. The van der Waals surface area contributed by atoms with Gasteiger partial charge in [-0.05, 0) is 66.6 Å². The summed E-state index contributed by atoms with van der Waals surface area (Å²) >= 11 is 0. The van der Waals surface area contributed by atoms with Crippen LogP contribution < -0.4 is 15.4 Å². The summed E-state index contributed by atoms with van der Waals surface area (Å²) in [6.07, 6.45) is -0.983. The molecule has 0 saturated carbocycles. The number of carbonyl (C=O) groups is 2. The number of benzene rings is 4.